The highest BCUT2D eigenvalue weighted by molar-refractivity contribution is 7.91. The van der Waals surface area contributed by atoms with E-state index < -0.39 is 15.9 Å². The molecule has 1 saturated heterocycles. The fraction of sp³-hybridized carbons (Fsp3) is 0.438. The molecule has 8 heteroatoms. The van der Waals surface area contributed by atoms with E-state index in [1.165, 1.54) is 0 Å². The molecule has 1 fully saturated rings. The number of carbonyl (C=O) groups excluding carboxylic acids is 1. The van der Waals surface area contributed by atoms with Crippen LogP contribution in [0.2, 0.25) is 0 Å². The van der Waals surface area contributed by atoms with Gasteiger partial charge < -0.3 is 4.90 Å². The Morgan fingerprint density at radius 3 is 2.88 bits per heavy atom. The van der Waals surface area contributed by atoms with E-state index in [1.807, 2.05) is 19.9 Å². The molecule has 1 aliphatic rings. The van der Waals surface area contributed by atoms with Crippen LogP contribution in [-0.2, 0) is 16.4 Å². The third-order valence-corrected chi connectivity index (χ3v) is 5.89. The molecule has 0 spiro atoms. The maximum atomic E-state index is 12.9. The van der Waals surface area contributed by atoms with Crippen LogP contribution in [0, 0.1) is 6.92 Å². The lowest BCUT2D eigenvalue weighted by Gasteiger charge is -2.35. The van der Waals surface area contributed by atoms with Crippen molar-refractivity contribution in [3.8, 4) is 0 Å². The molecule has 7 nitrogen and oxygen atoms in total. The molecule has 1 amide bonds. The van der Waals surface area contributed by atoms with E-state index in [0.717, 1.165) is 11.1 Å². The van der Waals surface area contributed by atoms with Gasteiger partial charge in [0.25, 0.3) is 5.91 Å². The molecule has 1 aliphatic heterocycles. The van der Waals surface area contributed by atoms with Crippen molar-refractivity contribution in [2.24, 2.45) is 0 Å². The van der Waals surface area contributed by atoms with Crippen LogP contribution >= 0.6 is 0 Å². The van der Waals surface area contributed by atoms with E-state index in [4.69, 9.17) is 0 Å². The zero-order chi connectivity index (χ0) is 17.3. The standard InChI is InChI=1S/C16H20N4O3S/c1-3-19-10-13(9-18-19)14-11-24(22,23)8-7-20(14)16(21)15-12(2)5-4-6-17-15/h4-6,9-10,14H,3,7-8,11H2,1-2H3/t14-/m0/s1. The monoisotopic (exact) mass is 348 g/mol. The Morgan fingerprint density at radius 2 is 2.21 bits per heavy atom. The average Bonchev–Trinajstić information content (AvgIpc) is 3.03. The van der Waals surface area contributed by atoms with Crippen LogP contribution in [0.15, 0.2) is 30.7 Å². The Hall–Kier alpha value is -2.22. The van der Waals surface area contributed by atoms with Crippen LogP contribution in [0.4, 0.5) is 0 Å². The lowest BCUT2D eigenvalue weighted by Crippen LogP contribution is -2.46. The number of hydrogen-bond donors (Lipinski definition) is 0. The first-order valence-electron chi connectivity index (χ1n) is 7.86. The van der Waals surface area contributed by atoms with Gasteiger partial charge in [-0.15, -0.1) is 0 Å². The maximum absolute atomic E-state index is 12.9. The number of carbonyl (C=O) groups is 1. The largest absolute Gasteiger partial charge is 0.328 e. The molecule has 3 heterocycles. The molecular formula is C16H20N4O3S. The summed E-state index contributed by atoms with van der Waals surface area (Å²) in [4.78, 5) is 18.7. The minimum atomic E-state index is -3.19. The van der Waals surface area contributed by atoms with Crippen molar-refractivity contribution in [3.05, 3.63) is 47.5 Å². The molecule has 0 aromatic carbocycles. The molecule has 2 aromatic heterocycles. The Morgan fingerprint density at radius 1 is 1.42 bits per heavy atom. The van der Waals surface area contributed by atoms with Crippen LogP contribution in [0.25, 0.3) is 0 Å². The summed E-state index contributed by atoms with van der Waals surface area (Å²) in [6, 6.07) is 3.07. The lowest BCUT2D eigenvalue weighted by molar-refractivity contribution is 0.0690. The topological polar surface area (TPSA) is 85.2 Å². The summed E-state index contributed by atoms with van der Waals surface area (Å²) in [5.74, 6) is -0.347. The Kier molecular flexibility index (Phi) is 4.40. The zero-order valence-corrected chi connectivity index (χ0v) is 14.5. The number of amides is 1. The molecule has 0 bridgehead atoms. The molecule has 0 aliphatic carbocycles. The van der Waals surface area contributed by atoms with Gasteiger partial charge in [-0.2, -0.15) is 5.10 Å². The molecule has 0 radical (unpaired) electrons. The van der Waals surface area contributed by atoms with Crippen molar-refractivity contribution < 1.29 is 13.2 Å². The smallest absolute Gasteiger partial charge is 0.273 e. The van der Waals surface area contributed by atoms with Gasteiger partial charge in [-0.3, -0.25) is 14.5 Å². The van der Waals surface area contributed by atoms with Crippen molar-refractivity contribution in [2.75, 3.05) is 18.1 Å². The van der Waals surface area contributed by atoms with Crippen LogP contribution < -0.4 is 0 Å². The van der Waals surface area contributed by atoms with Gasteiger partial charge in [0.2, 0.25) is 0 Å². The first kappa shape index (κ1) is 16.6. The molecule has 0 unspecified atom stereocenters. The molecule has 1 atom stereocenters. The third kappa shape index (κ3) is 3.19. The van der Waals surface area contributed by atoms with Crippen LogP contribution in [-0.4, -0.2) is 52.0 Å². The van der Waals surface area contributed by atoms with Gasteiger partial charge in [0, 0.05) is 31.0 Å². The molecular weight excluding hydrogens is 328 g/mol. The van der Waals surface area contributed by atoms with Crippen molar-refractivity contribution in [1.82, 2.24) is 19.7 Å². The number of aryl methyl sites for hydroxylation is 2. The van der Waals surface area contributed by atoms with Gasteiger partial charge in [-0.05, 0) is 25.5 Å². The first-order chi connectivity index (χ1) is 11.4. The second-order valence-corrected chi connectivity index (χ2v) is 8.16. The Labute approximate surface area is 141 Å². The molecule has 0 N–H and O–H groups in total. The van der Waals surface area contributed by atoms with Crippen molar-refractivity contribution in [3.63, 3.8) is 0 Å². The van der Waals surface area contributed by atoms with E-state index in [9.17, 15) is 13.2 Å². The van der Waals surface area contributed by atoms with Crippen molar-refractivity contribution in [1.29, 1.82) is 0 Å². The summed E-state index contributed by atoms with van der Waals surface area (Å²) < 4.78 is 25.9. The van der Waals surface area contributed by atoms with E-state index in [1.54, 1.807) is 34.2 Å². The second-order valence-electron chi connectivity index (χ2n) is 5.93. The van der Waals surface area contributed by atoms with Crippen LogP contribution in [0.5, 0.6) is 0 Å². The highest BCUT2D eigenvalue weighted by Gasteiger charge is 2.36. The van der Waals surface area contributed by atoms with Gasteiger partial charge in [0.05, 0.1) is 23.7 Å². The van der Waals surface area contributed by atoms with Gasteiger partial charge in [0.15, 0.2) is 9.84 Å². The Bertz CT molecular complexity index is 860. The second kappa shape index (κ2) is 6.35. The summed E-state index contributed by atoms with van der Waals surface area (Å²) in [6.45, 7) is 4.63. The SMILES string of the molecule is CCn1cc([C@@H]2CS(=O)(=O)CCN2C(=O)c2ncccc2C)cn1. The normalized spacial score (nSPS) is 20.1. The predicted molar refractivity (Wildman–Crippen MR) is 89.3 cm³/mol. The number of hydrogen-bond acceptors (Lipinski definition) is 5. The summed E-state index contributed by atoms with van der Waals surface area (Å²) >= 11 is 0. The highest BCUT2D eigenvalue weighted by atomic mass is 32.2. The Balaban J connectivity index is 1.97. The molecule has 3 rings (SSSR count). The minimum Gasteiger partial charge on any atom is -0.328 e. The fourth-order valence-corrected chi connectivity index (χ4v) is 4.39. The van der Waals surface area contributed by atoms with Crippen LogP contribution in [0.1, 0.15) is 34.6 Å². The van der Waals surface area contributed by atoms with Crippen LogP contribution in [0.3, 0.4) is 0 Å². The highest BCUT2D eigenvalue weighted by Crippen LogP contribution is 2.28. The van der Waals surface area contributed by atoms with Gasteiger partial charge >= 0.3 is 0 Å². The summed E-state index contributed by atoms with van der Waals surface area (Å²) in [6.07, 6.45) is 5.02. The molecule has 128 valence electrons. The number of pyridine rings is 1. The lowest BCUT2D eigenvalue weighted by atomic mass is 10.1. The maximum Gasteiger partial charge on any atom is 0.273 e. The summed E-state index contributed by atoms with van der Waals surface area (Å²) in [5, 5.41) is 4.21. The zero-order valence-electron chi connectivity index (χ0n) is 13.7. The van der Waals surface area contributed by atoms with Crippen molar-refractivity contribution >= 4 is 15.7 Å². The van der Waals surface area contributed by atoms with Crippen molar-refractivity contribution in [2.45, 2.75) is 26.4 Å². The number of nitrogens with zero attached hydrogens (tertiary/aromatic N) is 4. The summed E-state index contributed by atoms with van der Waals surface area (Å²) in [7, 11) is -3.19. The minimum absolute atomic E-state index is 0.0248. The number of rotatable bonds is 3. The van der Waals surface area contributed by atoms with Gasteiger partial charge in [-0.25, -0.2) is 8.42 Å². The molecule has 0 saturated carbocycles. The average molecular weight is 348 g/mol. The number of sulfone groups is 1. The van der Waals surface area contributed by atoms with Gasteiger partial charge in [-0.1, -0.05) is 6.07 Å². The van der Waals surface area contributed by atoms with E-state index >= 15 is 0 Å². The molecule has 2 aromatic rings. The predicted octanol–water partition coefficient (Wildman–Crippen LogP) is 1.22. The fourth-order valence-electron chi connectivity index (χ4n) is 2.90. The molecule has 24 heavy (non-hydrogen) atoms. The number of aromatic nitrogens is 3. The quantitative estimate of drug-likeness (QED) is 0.832. The first-order valence-corrected chi connectivity index (χ1v) is 9.69. The van der Waals surface area contributed by atoms with E-state index in [0.29, 0.717) is 12.2 Å². The summed E-state index contributed by atoms with van der Waals surface area (Å²) in [5.41, 5.74) is 1.88. The van der Waals surface area contributed by atoms with Gasteiger partial charge in [0.1, 0.15) is 5.69 Å². The third-order valence-electron chi connectivity index (χ3n) is 4.27. The van der Waals surface area contributed by atoms with E-state index in [2.05, 4.69) is 10.1 Å². The van der Waals surface area contributed by atoms with E-state index in [-0.39, 0.29) is 24.0 Å².